The Bertz CT molecular complexity index is 1040. The molecule has 0 radical (unpaired) electrons. The van der Waals surface area contributed by atoms with Crippen molar-refractivity contribution in [2.75, 3.05) is 26.2 Å². The van der Waals surface area contributed by atoms with Gasteiger partial charge in [-0.05, 0) is 106 Å². The van der Waals surface area contributed by atoms with Gasteiger partial charge in [0.1, 0.15) is 5.75 Å². The number of aryl methyl sites for hydroxylation is 1. The minimum atomic E-state index is -0.534. The average molecular weight is 491 g/mol. The lowest BCUT2D eigenvalue weighted by molar-refractivity contribution is -0.0565. The number of benzene rings is 2. The fraction of sp³-hybridized carbons (Fsp3) is 0.581. The van der Waals surface area contributed by atoms with Gasteiger partial charge in [0.2, 0.25) is 0 Å². The molecule has 0 bridgehead atoms. The number of ether oxygens (including phenoxy) is 1. The Balaban J connectivity index is 1.33. The van der Waals surface area contributed by atoms with E-state index in [-0.39, 0.29) is 11.5 Å². The molecule has 36 heavy (non-hydrogen) atoms. The maximum atomic E-state index is 12.4. The molecule has 2 N–H and O–H groups in total. The number of carbonyl (C=O) groups is 1. The molecule has 5 heteroatoms. The van der Waals surface area contributed by atoms with Crippen LogP contribution < -0.4 is 10.1 Å². The topological polar surface area (TPSA) is 61.8 Å². The van der Waals surface area contributed by atoms with E-state index in [2.05, 4.69) is 59.6 Å². The Kier molecular flexibility index (Phi) is 7.68. The van der Waals surface area contributed by atoms with Crippen LogP contribution in [0.2, 0.25) is 0 Å². The molecule has 2 fully saturated rings. The minimum Gasteiger partial charge on any atom is -0.410 e. The van der Waals surface area contributed by atoms with Crippen LogP contribution in [0.5, 0.6) is 5.75 Å². The van der Waals surface area contributed by atoms with E-state index >= 15 is 0 Å². The highest BCUT2D eigenvalue weighted by atomic mass is 16.6. The van der Waals surface area contributed by atoms with Crippen molar-refractivity contribution < 1.29 is 14.6 Å². The molecule has 1 saturated heterocycles. The fourth-order valence-electron chi connectivity index (χ4n) is 7.25. The molecule has 1 amide bonds. The minimum absolute atomic E-state index is 0.0193. The van der Waals surface area contributed by atoms with Gasteiger partial charge in [0.25, 0.3) is 0 Å². The molecule has 2 aromatic rings. The van der Waals surface area contributed by atoms with E-state index in [0.29, 0.717) is 18.2 Å². The molecule has 1 unspecified atom stereocenters. The largest absolute Gasteiger partial charge is 0.412 e. The monoisotopic (exact) mass is 490 g/mol. The highest BCUT2D eigenvalue weighted by Gasteiger charge is 2.51. The lowest BCUT2D eigenvalue weighted by atomic mass is 9.52. The molecule has 0 spiro atoms. The van der Waals surface area contributed by atoms with Crippen molar-refractivity contribution in [1.82, 2.24) is 10.2 Å². The van der Waals surface area contributed by atoms with Crippen molar-refractivity contribution in [3.63, 3.8) is 0 Å². The van der Waals surface area contributed by atoms with Crippen LogP contribution in [0.15, 0.2) is 48.5 Å². The van der Waals surface area contributed by atoms with E-state index in [0.717, 1.165) is 71.0 Å². The number of nitrogens with zero attached hydrogens (tertiary/aromatic N) is 1. The first-order valence-corrected chi connectivity index (χ1v) is 14.1. The van der Waals surface area contributed by atoms with Crippen molar-refractivity contribution >= 4 is 6.09 Å². The molecule has 2 aromatic carbocycles. The van der Waals surface area contributed by atoms with E-state index in [9.17, 15) is 9.90 Å². The van der Waals surface area contributed by atoms with Gasteiger partial charge >= 0.3 is 6.09 Å². The van der Waals surface area contributed by atoms with Gasteiger partial charge in [0, 0.05) is 18.5 Å². The molecule has 3 atom stereocenters. The number of nitrogens with one attached hydrogen (secondary N) is 1. The molecule has 1 aliphatic heterocycles. The zero-order chi connectivity index (χ0) is 25.0. The van der Waals surface area contributed by atoms with Gasteiger partial charge in [0.05, 0.1) is 5.60 Å². The van der Waals surface area contributed by atoms with Crippen molar-refractivity contribution in [3.8, 4) is 5.75 Å². The third-order valence-corrected chi connectivity index (χ3v) is 9.00. The molecular weight excluding hydrogens is 448 g/mol. The molecule has 2 aliphatic carbocycles. The summed E-state index contributed by atoms with van der Waals surface area (Å²) < 4.78 is 5.69. The number of hydrogen-bond donors (Lipinski definition) is 2. The predicted octanol–water partition coefficient (Wildman–Crippen LogP) is 5.63. The summed E-state index contributed by atoms with van der Waals surface area (Å²) in [7, 11) is 0. The number of amides is 1. The van der Waals surface area contributed by atoms with Gasteiger partial charge in [-0.3, -0.25) is 0 Å². The lowest BCUT2D eigenvalue weighted by Crippen LogP contribution is -2.51. The number of fused-ring (bicyclic) bond motifs is 3. The Morgan fingerprint density at radius 2 is 1.94 bits per heavy atom. The van der Waals surface area contributed by atoms with Gasteiger partial charge in [-0.2, -0.15) is 0 Å². The summed E-state index contributed by atoms with van der Waals surface area (Å²) in [6.45, 7) is 5.93. The molecule has 5 nitrogen and oxygen atoms in total. The standard InChI is InChI=1S/C31H42N2O3/c1-2-14-30(35)15-16-31(22-24-8-4-3-5-9-24)26(23-30)11-10-25-21-27(12-13-28(25)31)36-29(34)32-17-20-33-18-6-7-19-33/h3-5,8-9,12-13,21,26,35H,2,6-7,10-11,14-20,22-23H2,1H3,(H,32,34)/t26?,30-,31-/m0/s1. The van der Waals surface area contributed by atoms with Crippen LogP contribution in [-0.2, 0) is 18.3 Å². The zero-order valence-corrected chi connectivity index (χ0v) is 21.8. The molecule has 1 heterocycles. The van der Waals surface area contributed by atoms with Gasteiger partial charge in [-0.25, -0.2) is 4.79 Å². The fourth-order valence-corrected chi connectivity index (χ4v) is 7.25. The third-order valence-electron chi connectivity index (χ3n) is 9.00. The number of carbonyl (C=O) groups excluding carboxylic acids is 1. The summed E-state index contributed by atoms with van der Waals surface area (Å²) in [5.74, 6) is 1.08. The normalized spacial score (nSPS) is 27.8. The second-order valence-corrected chi connectivity index (χ2v) is 11.4. The van der Waals surface area contributed by atoms with E-state index < -0.39 is 5.60 Å². The Morgan fingerprint density at radius 1 is 1.14 bits per heavy atom. The van der Waals surface area contributed by atoms with Crippen molar-refractivity contribution in [2.45, 2.75) is 82.1 Å². The van der Waals surface area contributed by atoms with Crippen LogP contribution in [0.25, 0.3) is 0 Å². The quantitative estimate of drug-likeness (QED) is 0.504. The van der Waals surface area contributed by atoms with Crippen molar-refractivity contribution in [3.05, 3.63) is 65.2 Å². The molecule has 194 valence electrons. The molecular formula is C31H42N2O3. The van der Waals surface area contributed by atoms with Gasteiger partial charge in [-0.1, -0.05) is 49.7 Å². The maximum absolute atomic E-state index is 12.4. The number of rotatable bonds is 8. The smallest absolute Gasteiger partial charge is 0.410 e. The highest BCUT2D eigenvalue weighted by Crippen LogP contribution is 2.55. The second kappa shape index (κ2) is 10.9. The number of hydrogen-bond acceptors (Lipinski definition) is 4. The Hall–Kier alpha value is -2.37. The van der Waals surface area contributed by atoms with E-state index in [4.69, 9.17) is 4.74 Å². The van der Waals surface area contributed by atoms with E-state index in [1.165, 1.54) is 29.5 Å². The van der Waals surface area contributed by atoms with E-state index in [1.54, 1.807) is 0 Å². The first kappa shape index (κ1) is 25.3. The first-order valence-electron chi connectivity index (χ1n) is 14.1. The Labute approximate surface area is 216 Å². The summed E-state index contributed by atoms with van der Waals surface area (Å²) >= 11 is 0. The predicted molar refractivity (Wildman–Crippen MR) is 143 cm³/mol. The summed E-state index contributed by atoms with van der Waals surface area (Å²) in [6.07, 6.45) is 9.79. The average Bonchev–Trinajstić information content (AvgIpc) is 3.39. The van der Waals surface area contributed by atoms with Crippen LogP contribution >= 0.6 is 0 Å². The Morgan fingerprint density at radius 3 is 2.72 bits per heavy atom. The van der Waals surface area contributed by atoms with Crippen LogP contribution in [0.4, 0.5) is 4.79 Å². The summed E-state index contributed by atoms with van der Waals surface area (Å²) in [4.78, 5) is 14.8. The zero-order valence-electron chi connectivity index (χ0n) is 21.8. The second-order valence-electron chi connectivity index (χ2n) is 11.4. The third kappa shape index (κ3) is 5.47. The number of aliphatic hydroxyl groups is 1. The molecule has 3 aliphatic rings. The SMILES string of the molecule is CCC[C@]1(O)CC[C@@]2(Cc3ccccc3)c3ccc(OC(=O)NCCN4CCCC4)cc3CCC2C1. The molecule has 0 aromatic heterocycles. The first-order chi connectivity index (χ1) is 17.5. The molecule has 1 saturated carbocycles. The van der Waals surface area contributed by atoms with Gasteiger partial charge < -0.3 is 20.1 Å². The number of likely N-dealkylation sites (tertiary alicyclic amines) is 1. The van der Waals surface area contributed by atoms with Crippen LogP contribution in [-0.4, -0.2) is 47.9 Å². The van der Waals surface area contributed by atoms with Crippen LogP contribution in [0, 0.1) is 5.92 Å². The van der Waals surface area contributed by atoms with Crippen molar-refractivity contribution in [2.24, 2.45) is 5.92 Å². The van der Waals surface area contributed by atoms with Crippen LogP contribution in [0.3, 0.4) is 0 Å². The molecule has 5 rings (SSSR count). The van der Waals surface area contributed by atoms with Crippen molar-refractivity contribution in [1.29, 1.82) is 0 Å². The lowest BCUT2D eigenvalue weighted by Gasteiger charge is -2.53. The van der Waals surface area contributed by atoms with E-state index in [1.807, 2.05) is 6.07 Å². The summed E-state index contributed by atoms with van der Waals surface area (Å²) in [6, 6.07) is 17.1. The summed E-state index contributed by atoms with van der Waals surface area (Å²) in [5.41, 5.74) is 3.53. The maximum Gasteiger partial charge on any atom is 0.412 e. The van der Waals surface area contributed by atoms with Crippen LogP contribution in [0.1, 0.15) is 75.0 Å². The summed E-state index contributed by atoms with van der Waals surface area (Å²) in [5, 5.41) is 14.3. The highest BCUT2D eigenvalue weighted by molar-refractivity contribution is 5.70. The van der Waals surface area contributed by atoms with Gasteiger partial charge in [0.15, 0.2) is 0 Å². The van der Waals surface area contributed by atoms with Gasteiger partial charge in [-0.15, -0.1) is 0 Å².